The van der Waals surface area contributed by atoms with Crippen molar-refractivity contribution in [2.45, 2.75) is 19.2 Å². The summed E-state index contributed by atoms with van der Waals surface area (Å²) in [4.78, 5) is 0. The molecule has 0 bridgehead atoms. The highest BCUT2D eigenvalue weighted by molar-refractivity contribution is 6.31. The van der Waals surface area contributed by atoms with Crippen molar-refractivity contribution in [3.63, 3.8) is 0 Å². The fourth-order valence-electron chi connectivity index (χ4n) is 1.92. The molecule has 2 rings (SSSR count). The topological polar surface area (TPSA) is 20.2 Å². The molecule has 0 saturated carbocycles. The fraction of sp³-hybridized carbons (Fsp3) is 0.200. The number of halogens is 4. The van der Waals surface area contributed by atoms with Gasteiger partial charge in [0.15, 0.2) is 0 Å². The number of hydrogen-bond acceptors (Lipinski definition) is 1. The van der Waals surface area contributed by atoms with Crippen LogP contribution in [0, 0.1) is 6.92 Å². The summed E-state index contributed by atoms with van der Waals surface area (Å²) >= 11 is 5.89. The van der Waals surface area contributed by atoms with E-state index in [1.165, 1.54) is 12.1 Å². The fourth-order valence-corrected chi connectivity index (χ4v) is 2.03. The second-order valence-electron chi connectivity index (χ2n) is 4.53. The van der Waals surface area contributed by atoms with E-state index in [0.717, 1.165) is 17.7 Å². The Kier molecular flexibility index (Phi) is 4.06. The molecule has 0 fully saturated rings. The molecule has 5 heteroatoms. The van der Waals surface area contributed by atoms with Gasteiger partial charge in [-0.1, -0.05) is 35.9 Å². The Morgan fingerprint density at radius 1 is 1.05 bits per heavy atom. The summed E-state index contributed by atoms with van der Waals surface area (Å²) in [6, 6.07) is 9.54. The van der Waals surface area contributed by atoms with Gasteiger partial charge in [0.05, 0.1) is 5.56 Å². The Balaban J connectivity index is 2.38. The molecule has 1 N–H and O–H groups in total. The molecular weight excluding hydrogens is 289 g/mol. The van der Waals surface area contributed by atoms with E-state index in [2.05, 4.69) is 0 Å². The molecule has 20 heavy (non-hydrogen) atoms. The molecule has 0 spiro atoms. The van der Waals surface area contributed by atoms with E-state index in [1.807, 2.05) is 0 Å². The van der Waals surface area contributed by atoms with Crippen LogP contribution in [0.15, 0.2) is 42.5 Å². The van der Waals surface area contributed by atoms with Crippen LogP contribution in [0.3, 0.4) is 0 Å². The predicted molar refractivity (Wildman–Crippen MR) is 71.7 cm³/mol. The molecule has 1 atom stereocenters. The first-order chi connectivity index (χ1) is 9.29. The number of aryl methyl sites for hydroxylation is 1. The second-order valence-corrected chi connectivity index (χ2v) is 4.94. The van der Waals surface area contributed by atoms with Crippen LogP contribution in [-0.4, -0.2) is 5.11 Å². The maximum Gasteiger partial charge on any atom is 0.416 e. The van der Waals surface area contributed by atoms with E-state index in [0.29, 0.717) is 10.6 Å². The van der Waals surface area contributed by atoms with Gasteiger partial charge in [0.1, 0.15) is 6.10 Å². The van der Waals surface area contributed by atoms with Crippen molar-refractivity contribution >= 4 is 11.6 Å². The second kappa shape index (κ2) is 5.46. The standard InChI is InChI=1S/C15H12ClF3O/c1-9-7-11(5-6-13(9)16)14(20)10-3-2-4-12(8-10)15(17,18)19/h2-8,14,20H,1H3. The number of hydrogen-bond donors (Lipinski definition) is 1. The normalized spacial score (nSPS) is 13.3. The SMILES string of the molecule is Cc1cc(C(O)c2cccc(C(F)(F)F)c2)ccc1Cl. The van der Waals surface area contributed by atoms with Crippen molar-refractivity contribution in [1.29, 1.82) is 0 Å². The van der Waals surface area contributed by atoms with E-state index in [1.54, 1.807) is 25.1 Å². The zero-order chi connectivity index (χ0) is 14.9. The van der Waals surface area contributed by atoms with Crippen LogP contribution in [0.25, 0.3) is 0 Å². The molecule has 1 unspecified atom stereocenters. The van der Waals surface area contributed by atoms with Crippen molar-refractivity contribution < 1.29 is 18.3 Å². The summed E-state index contributed by atoms with van der Waals surface area (Å²) in [5, 5.41) is 10.7. The van der Waals surface area contributed by atoms with E-state index in [4.69, 9.17) is 11.6 Å². The molecule has 0 amide bonds. The highest BCUT2D eigenvalue weighted by Gasteiger charge is 2.30. The van der Waals surface area contributed by atoms with Crippen LogP contribution in [0.2, 0.25) is 5.02 Å². The molecule has 0 aliphatic carbocycles. The summed E-state index contributed by atoms with van der Waals surface area (Å²) in [5.41, 5.74) is 0.683. The van der Waals surface area contributed by atoms with Crippen molar-refractivity contribution in [1.82, 2.24) is 0 Å². The number of aliphatic hydroxyl groups is 1. The van der Waals surface area contributed by atoms with Crippen molar-refractivity contribution in [3.05, 3.63) is 69.7 Å². The van der Waals surface area contributed by atoms with E-state index < -0.39 is 17.8 Å². The van der Waals surface area contributed by atoms with Crippen LogP contribution >= 0.6 is 11.6 Å². The molecule has 0 aromatic heterocycles. The van der Waals surface area contributed by atoms with E-state index in [9.17, 15) is 18.3 Å². The first kappa shape index (κ1) is 14.9. The van der Waals surface area contributed by atoms with Crippen LogP contribution in [-0.2, 0) is 6.18 Å². The monoisotopic (exact) mass is 300 g/mol. The quantitative estimate of drug-likeness (QED) is 0.848. The van der Waals surface area contributed by atoms with Crippen LogP contribution < -0.4 is 0 Å². The average molecular weight is 301 g/mol. The Labute approximate surface area is 119 Å². The average Bonchev–Trinajstić information content (AvgIpc) is 2.40. The number of rotatable bonds is 2. The lowest BCUT2D eigenvalue weighted by molar-refractivity contribution is -0.137. The minimum atomic E-state index is -4.42. The lowest BCUT2D eigenvalue weighted by atomic mass is 9.98. The largest absolute Gasteiger partial charge is 0.416 e. The Morgan fingerprint density at radius 2 is 1.70 bits per heavy atom. The predicted octanol–water partition coefficient (Wildman–Crippen LogP) is 4.75. The number of alkyl halides is 3. The van der Waals surface area contributed by atoms with Gasteiger partial charge in [-0.25, -0.2) is 0 Å². The summed E-state index contributed by atoms with van der Waals surface area (Å²) in [7, 11) is 0. The molecule has 2 aromatic rings. The summed E-state index contributed by atoms with van der Waals surface area (Å²) in [6.45, 7) is 1.77. The van der Waals surface area contributed by atoms with Gasteiger partial charge in [-0.05, 0) is 41.8 Å². The lowest BCUT2D eigenvalue weighted by Crippen LogP contribution is -2.07. The third-order valence-corrected chi connectivity index (χ3v) is 3.45. The number of aliphatic hydroxyl groups excluding tert-OH is 1. The molecule has 1 nitrogen and oxygen atoms in total. The van der Waals surface area contributed by atoms with E-state index in [-0.39, 0.29) is 5.56 Å². The van der Waals surface area contributed by atoms with Gasteiger partial charge in [-0.2, -0.15) is 13.2 Å². The molecule has 106 valence electrons. The van der Waals surface area contributed by atoms with Gasteiger partial charge >= 0.3 is 6.18 Å². The summed E-state index contributed by atoms with van der Waals surface area (Å²) in [6.07, 6.45) is -5.54. The van der Waals surface area contributed by atoms with E-state index >= 15 is 0 Å². The van der Waals surface area contributed by atoms with Gasteiger partial charge in [0.2, 0.25) is 0 Å². The zero-order valence-electron chi connectivity index (χ0n) is 10.6. The maximum atomic E-state index is 12.7. The molecule has 0 saturated heterocycles. The first-order valence-corrected chi connectivity index (χ1v) is 6.28. The van der Waals surface area contributed by atoms with Crippen LogP contribution in [0.1, 0.15) is 28.4 Å². The first-order valence-electron chi connectivity index (χ1n) is 5.90. The van der Waals surface area contributed by atoms with Gasteiger partial charge in [-0.3, -0.25) is 0 Å². The minimum absolute atomic E-state index is 0.196. The molecular formula is C15H12ClF3O. The molecule has 0 heterocycles. The van der Waals surface area contributed by atoms with Crippen molar-refractivity contribution in [2.24, 2.45) is 0 Å². The Morgan fingerprint density at radius 3 is 2.30 bits per heavy atom. The summed E-state index contributed by atoms with van der Waals surface area (Å²) < 4.78 is 38.0. The van der Waals surface area contributed by atoms with Crippen LogP contribution in [0.4, 0.5) is 13.2 Å². The summed E-state index contributed by atoms with van der Waals surface area (Å²) in [5.74, 6) is 0. The van der Waals surface area contributed by atoms with Crippen molar-refractivity contribution in [2.75, 3.05) is 0 Å². The highest BCUT2D eigenvalue weighted by atomic mass is 35.5. The minimum Gasteiger partial charge on any atom is -0.384 e. The molecule has 0 aliphatic rings. The molecule has 0 aliphatic heterocycles. The van der Waals surface area contributed by atoms with Gasteiger partial charge < -0.3 is 5.11 Å². The Bertz CT molecular complexity index is 623. The van der Waals surface area contributed by atoms with Gasteiger partial charge in [0, 0.05) is 5.02 Å². The van der Waals surface area contributed by atoms with Crippen LogP contribution in [0.5, 0.6) is 0 Å². The van der Waals surface area contributed by atoms with Crippen molar-refractivity contribution in [3.8, 4) is 0 Å². The van der Waals surface area contributed by atoms with Gasteiger partial charge in [-0.15, -0.1) is 0 Å². The zero-order valence-corrected chi connectivity index (χ0v) is 11.3. The van der Waals surface area contributed by atoms with Gasteiger partial charge in [0.25, 0.3) is 0 Å². The highest BCUT2D eigenvalue weighted by Crippen LogP contribution is 2.32. The lowest BCUT2D eigenvalue weighted by Gasteiger charge is -2.15. The maximum absolute atomic E-state index is 12.7. The molecule has 0 radical (unpaired) electrons. The third-order valence-electron chi connectivity index (χ3n) is 3.03. The Hall–Kier alpha value is -1.52. The molecule has 2 aromatic carbocycles. The third kappa shape index (κ3) is 3.14. The number of benzene rings is 2. The smallest absolute Gasteiger partial charge is 0.384 e.